The molecule has 0 atom stereocenters. The maximum Gasteiger partial charge on any atom is 2.00 e. The van der Waals surface area contributed by atoms with Gasteiger partial charge in [0.05, 0.1) is 0 Å². The van der Waals surface area contributed by atoms with Gasteiger partial charge in [-0.15, -0.1) is 0 Å². The molecule has 0 amide bonds. The largest absolute Gasteiger partial charge is 2.00 e. The molecule has 2 aliphatic carbocycles. The molecule has 4 aromatic carbocycles. The molecular formula is C34H26Fe+2. The number of benzene rings is 4. The van der Waals surface area contributed by atoms with Crippen LogP contribution in [0.2, 0.25) is 0 Å². The van der Waals surface area contributed by atoms with E-state index in [1.54, 1.807) is 0 Å². The molecule has 168 valence electrons. The van der Waals surface area contributed by atoms with Gasteiger partial charge in [0, 0.05) is 23.7 Å². The van der Waals surface area contributed by atoms with Crippen molar-refractivity contribution in [1.82, 2.24) is 0 Å². The molecule has 2 fully saturated rings. The second kappa shape index (κ2) is 12.9. The summed E-state index contributed by atoms with van der Waals surface area (Å²) in [6.07, 6.45) is 13.2. The van der Waals surface area contributed by atoms with E-state index < -0.39 is 0 Å². The van der Waals surface area contributed by atoms with E-state index in [4.69, 9.17) is 0 Å². The average molecular weight is 490 g/mol. The van der Waals surface area contributed by atoms with Crippen LogP contribution in [0.3, 0.4) is 0 Å². The third kappa shape index (κ3) is 6.75. The first kappa shape index (κ1) is 25.5. The Balaban J connectivity index is 0.000000160. The minimum Gasteiger partial charge on any atom is -0.0622 e. The van der Waals surface area contributed by atoms with Crippen molar-refractivity contribution in [2.45, 2.75) is 0 Å². The van der Waals surface area contributed by atoms with Crippen LogP contribution in [-0.4, -0.2) is 0 Å². The fourth-order valence-electron chi connectivity index (χ4n) is 4.13. The van der Waals surface area contributed by atoms with E-state index in [1.165, 1.54) is 45.9 Å². The summed E-state index contributed by atoms with van der Waals surface area (Å²) in [5.74, 6) is 5.13. The molecule has 0 heterocycles. The van der Waals surface area contributed by atoms with Crippen molar-refractivity contribution in [3.05, 3.63) is 206 Å². The molecule has 0 aliphatic heterocycles. The maximum absolute atomic E-state index is 2.24. The van der Waals surface area contributed by atoms with Gasteiger partial charge >= 0.3 is 17.1 Å². The SMILES string of the molecule is [CH]1[CH][C](c2ccccc2)[CH][C]1c1ccccc1.[CH]1[CH][C](c2ccccc2)[CH][C]1c1ccccc1.[Fe+2]. The van der Waals surface area contributed by atoms with Crippen LogP contribution in [0.1, 0.15) is 22.3 Å². The minimum absolute atomic E-state index is 0. The van der Waals surface area contributed by atoms with E-state index in [1.807, 2.05) is 24.3 Å². The predicted molar refractivity (Wildman–Crippen MR) is 141 cm³/mol. The van der Waals surface area contributed by atoms with E-state index in [0.717, 1.165) is 0 Å². The van der Waals surface area contributed by atoms with Gasteiger partial charge in [0.2, 0.25) is 0 Å². The van der Waals surface area contributed by atoms with Gasteiger partial charge in [-0.25, -0.2) is 0 Å². The summed E-state index contributed by atoms with van der Waals surface area (Å²) in [6.45, 7) is 0. The average Bonchev–Trinajstić information content (AvgIpc) is 3.62. The summed E-state index contributed by atoms with van der Waals surface area (Å²) < 4.78 is 0. The molecular weight excluding hydrogens is 464 g/mol. The van der Waals surface area contributed by atoms with Gasteiger partial charge in [0.25, 0.3) is 0 Å². The Morgan fingerprint density at radius 3 is 0.657 bits per heavy atom. The molecule has 6 rings (SSSR count). The molecule has 0 aromatic heterocycles. The third-order valence-electron chi connectivity index (χ3n) is 5.94. The molecule has 35 heavy (non-hydrogen) atoms. The van der Waals surface area contributed by atoms with Crippen molar-refractivity contribution in [3.8, 4) is 0 Å². The molecule has 10 radical (unpaired) electrons. The topological polar surface area (TPSA) is 0 Å². The Kier molecular flexibility index (Phi) is 9.41. The quantitative estimate of drug-likeness (QED) is 0.257. The normalized spacial score (nSPS) is 16.9. The van der Waals surface area contributed by atoms with Gasteiger partial charge < -0.3 is 0 Å². The van der Waals surface area contributed by atoms with Crippen LogP contribution in [-0.2, 0) is 17.1 Å². The summed E-state index contributed by atoms with van der Waals surface area (Å²) in [7, 11) is 0. The Morgan fingerprint density at radius 1 is 0.257 bits per heavy atom. The zero-order valence-corrected chi connectivity index (χ0v) is 20.5. The number of rotatable bonds is 4. The van der Waals surface area contributed by atoms with Crippen molar-refractivity contribution >= 4 is 0 Å². The van der Waals surface area contributed by atoms with Crippen molar-refractivity contribution in [2.24, 2.45) is 0 Å². The Labute approximate surface area is 222 Å². The van der Waals surface area contributed by atoms with Gasteiger partial charge in [-0.3, -0.25) is 0 Å². The fourth-order valence-corrected chi connectivity index (χ4v) is 4.13. The zero-order chi connectivity index (χ0) is 23.0. The van der Waals surface area contributed by atoms with Crippen LogP contribution in [0.4, 0.5) is 0 Å². The first-order valence-corrected chi connectivity index (χ1v) is 11.6. The molecule has 0 N–H and O–H groups in total. The molecule has 2 aliphatic rings. The van der Waals surface area contributed by atoms with Gasteiger partial charge in [0.1, 0.15) is 0 Å². The van der Waals surface area contributed by atoms with Gasteiger partial charge in [0.15, 0.2) is 0 Å². The van der Waals surface area contributed by atoms with Crippen LogP contribution >= 0.6 is 0 Å². The Morgan fingerprint density at radius 2 is 0.457 bits per heavy atom. The van der Waals surface area contributed by atoms with Crippen molar-refractivity contribution < 1.29 is 17.1 Å². The minimum atomic E-state index is 0. The smallest absolute Gasteiger partial charge is 0.0622 e. The van der Waals surface area contributed by atoms with Crippen molar-refractivity contribution in [2.75, 3.05) is 0 Å². The standard InChI is InChI=1S/2C17H13.Fe/c2*1-3-7-14(8-4-1)16-11-12-17(13-16)15-9-5-2-6-10-15;/h2*1-13H;/q;;+2. The molecule has 0 saturated heterocycles. The van der Waals surface area contributed by atoms with E-state index >= 15 is 0 Å². The molecule has 2 saturated carbocycles. The van der Waals surface area contributed by atoms with Gasteiger partial charge in [-0.1, -0.05) is 121 Å². The first-order valence-electron chi connectivity index (χ1n) is 11.6. The Hall–Kier alpha value is -2.60. The van der Waals surface area contributed by atoms with Crippen LogP contribution in [0.5, 0.6) is 0 Å². The number of hydrogen-bond acceptors (Lipinski definition) is 0. The monoisotopic (exact) mass is 490 g/mol. The Bertz CT molecular complexity index is 924. The van der Waals surface area contributed by atoms with Crippen LogP contribution < -0.4 is 0 Å². The van der Waals surface area contributed by atoms with Crippen LogP contribution in [0.25, 0.3) is 0 Å². The molecule has 1 heteroatoms. The predicted octanol–water partition coefficient (Wildman–Crippen LogP) is 7.71. The third-order valence-corrected chi connectivity index (χ3v) is 5.94. The second-order valence-electron chi connectivity index (χ2n) is 8.24. The fraction of sp³-hybridized carbons (Fsp3) is 0. The van der Waals surface area contributed by atoms with E-state index in [-0.39, 0.29) is 17.1 Å². The van der Waals surface area contributed by atoms with E-state index in [2.05, 4.69) is 136 Å². The molecule has 0 unspecified atom stereocenters. The summed E-state index contributed by atoms with van der Waals surface area (Å²) in [5.41, 5.74) is 5.09. The zero-order valence-electron chi connectivity index (χ0n) is 19.4. The van der Waals surface area contributed by atoms with Crippen LogP contribution in [0, 0.1) is 62.2 Å². The first-order chi connectivity index (χ1) is 16.9. The van der Waals surface area contributed by atoms with Gasteiger partial charge in [-0.2, -0.15) is 0 Å². The molecule has 4 aromatic rings. The molecule has 0 bridgehead atoms. The maximum atomic E-state index is 2.24. The van der Waals surface area contributed by atoms with Gasteiger partial charge in [-0.05, 0) is 60.8 Å². The summed E-state index contributed by atoms with van der Waals surface area (Å²) in [4.78, 5) is 0. The van der Waals surface area contributed by atoms with Crippen molar-refractivity contribution in [3.63, 3.8) is 0 Å². The molecule has 0 spiro atoms. The number of hydrogen-bond donors (Lipinski definition) is 0. The summed E-state index contributed by atoms with van der Waals surface area (Å²) in [5, 5.41) is 0. The molecule has 0 nitrogen and oxygen atoms in total. The van der Waals surface area contributed by atoms with Crippen LogP contribution in [0.15, 0.2) is 121 Å². The van der Waals surface area contributed by atoms with E-state index in [9.17, 15) is 0 Å². The summed E-state index contributed by atoms with van der Waals surface area (Å²) >= 11 is 0. The second-order valence-corrected chi connectivity index (χ2v) is 8.24. The summed E-state index contributed by atoms with van der Waals surface area (Å²) in [6, 6.07) is 41.9. The van der Waals surface area contributed by atoms with Crippen molar-refractivity contribution in [1.29, 1.82) is 0 Å². The van der Waals surface area contributed by atoms with E-state index in [0.29, 0.717) is 0 Å².